The van der Waals surface area contributed by atoms with Crippen molar-refractivity contribution in [1.82, 2.24) is 4.98 Å². The molecule has 0 aliphatic heterocycles. The number of rotatable bonds is 1. The Balaban J connectivity index is 2.14. The predicted molar refractivity (Wildman–Crippen MR) is 58.9 cm³/mol. The normalized spacial score (nSPS) is 24.1. The molecule has 0 fully saturated rings. The van der Waals surface area contributed by atoms with Crippen LogP contribution >= 0.6 is 0 Å². The maximum absolute atomic E-state index is 10.8. The van der Waals surface area contributed by atoms with Gasteiger partial charge < -0.3 is 9.52 Å². The summed E-state index contributed by atoms with van der Waals surface area (Å²) in [4.78, 5) is 4.07. The Morgan fingerprint density at radius 3 is 3.12 bits per heavy atom. The first kappa shape index (κ1) is 9.60. The third-order valence-electron chi connectivity index (χ3n) is 3.27. The van der Waals surface area contributed by atoms with Gasteiger partial charge in [-0.1, -0.05) is 6.07 Å². The molecule has 1 N–H and O–H groups in total. The average Bonchev–Trinajstić information content (AvgIpc) is 2.80. The predicted octanol–water partition coefficient (Wildman–Crippen LogP) is 2.25. The van der Waals surface area contributed by atoms with Crippen molar-refractivity contribution in [3.8, 4) is 0 Å². The fraction of sp³-hybridized carbons (Fsp3) is 0.308. The van der Waals surface area contributed by atoms with Crippen LogP contribution in [0.15, 0.2) is 41.3 Å². The lowest BCUT2D eigenvalue weighted by molar-refractivity contribution is 0.0586. The summed E-state index contributed by atoms with van der Waals surface area (Å²) in [7, 11) is 0. The molecule has 0 saturated carbocycles. The van der Waals surface area contributed by atoms with Crippen LogP contribution in [0, 0.1) is 0 Å². The summed E-state index contributed by atoms with van der Waals surface area (Å²) in [6.45, 7) is 0. The molecule has 2 heterocycles. The Labute approximate surface area is 93.8 Å². The average molecular weight is 215 g/mol. The zero-order valence-corrected chi connectivity index (χ0v) is 8.89. The highest BCUT2D eigenvalue weighted by molar-refractivity contribution is 5.37. The van der Waals surface area contributed by atoms with E-state index in [1.807, 2.05) is 18.2 Å². The van der Waals surface area contributed by atoms with Crippen molar-refractivity contribution < 1.29 is 9.52 Å². The van der Waals surface area contributed by atoms with E-state index in [1.54, 1.807) is 18.7 Å². The Morgan fingerprint density at radius 1 is 1.38 bits per heavy atom. The maximum atomic E-state index is 10.8. The highest BCUT2D eigenvalue weighted by atomic mass is 16.3. The lowest BCUT2D eigenvalue weighted by atomic mass is 9.79. The Kier molecular flexibility index (Phi) is 2.07. The van der Waals surface area contributed by atoms with Crippen molar-refractivity contribution in [3.05, 3.63) is 53.7 Å². The molecule has 0 amide bonds. The largest absolute Gasteiger partial charge is 0.469 e. The number of aliphatic hydroxyl groups is 1. The molecule has 0 spiro atoms. The molecule has 0 saturated heterocycles. The summed E-state index contributed by atoms with van der Waals surface area (Å²) >= 11 is 0. The van der Waals surface area contributed by atoms with E-state index in [0.717, 1.165) is 36.1 Å². The highest BCUT2D eigenvalue weighted by Gasteiger charge is 2.37. The second-order valence-electron chi connectivity index (χ2n) is 4.21. The van der Waals surface area contributed by atoms with Crippen LogP contribution in [0.25, 0.3) is 0 Å². The van der Waals surface area contributed by atoms with Crippen molar-refractivity contribution in [2.75, 3.05) is 0 Å². The molecule has 16 heavy (non-hydrogen) atoms. The van der Waals surface area contributed by atoms with E-state index < -0.39 is 5.60 Å². The molecule has 2 aromatic rings. The molecule has 1 unspecified atom stereocenters. The van der Waals surface area contributed by atoms with Gasteiger partial charge in [-0.15, -0.1) is 0 Å². The van der Waals surface area contributed by atoms with Crippen LogP contribution in [0.3, 0.4) is 0 Å². The Hall–Kier alpha value is -1.61. The molecule has 1 aliphatic rings. The number of nitrogens with zero attached hydrogens (tertiary/aromatic N) is 1. The summed E-state index contributed by atoms with van der Waals surface area (Å²) in [5.41, 5.74) is 0.818. The van der Waals surface area contributed by atoms with Gasteiger partial charge in [0, 0.05) is 29.9 Å². The molecule has 1 atom stereocenters. The van der Waals surface area contributed by atoms with Crippen LogP contribution < -0.4 is 0 Å². The van der Waals surface area contributed by atoms with Crippen LogP contribution in [0.1, 0.15) is 29.7 Å². The van der Waals surface area contributed by atoms with E-state index in [0.29, 0.717) is 0 Å². The van der Waals surface area contributed by atoms with Crippen LogP contribution in [0.2, 0.25) is 0 Å². The molecule has 1 aliphatic carbocycles. The minimum Gasteiger partial charge on any atom is -0.469 e. The van der Waals surface area contributed by atoms with Gasteiger partial charge in [-0.05, 0) is 25.0 Å². The topological polar surface area (TPSA) is 46.3 Å². The van der Waals surface area contributed by atoms with Crippen molar-refractivity contribution in [3.63, 3.8) is 0 Å². The van der Waals surface area contributed by atoms with E-state index in [2.05, 4.69) is 4.98 Å². The molecule has 2 aromatic heterocycles. The monoisotopic (exact) mass is 215 g/mol. The molecular formula is C13H13NO2. The van der Waals surface area contributed by atoms with Gasteiger partial charge in [0.25, 0.3) is 0 Å². The van der Waals surface area contributed by atoms with Gasteiger partial charge >= 0.3 is 0 Å². The lowest BCUT2D eigenvalue weighted by Gasteiger charge is -2.31. The minimum absolute atomic E-state index is 0.727. The molecule has 0 bridgehead atoms. The number of hydrogen-bond donors (Lipinski definition) is 1. The van der Waals surface area contributed by atoms with E-state index in [9.17, 15) is 5.11 Å². The van der Waals surface area contributed by atoms with Gasteiger partial charge in [-0.3, -0.25) is 4.98 Å². The summed E-state index contributed by atoms with van der Waals surface area (Å²) in [5, 5.41) is 10.8. The third-order valence-corrected chi connectivity index (χ3v) is 3.27. The number of hydrogen-bond acceptors (Lipinski definition) is 3. The van der Waals surface area contributed by atoms with E-state index in [4.69, 9.17) is 4.42 Å². The van der Waals surface area contributed by atoms with Crippen LogP contribution in [-0.2, 0) is 12.0 Å². The lowest BCUT2D eigenvalue weighted by Crippen LogP contribution is -2.31. The smallest absolute Gasteiger partial charge is 0.119 e. The van der Waals surface area contributed by atoms with Crippen molar-refractivity contribution in [1.29, 1.82) is 0 Å². The van der Waals surface area contributed by atoms with E-state index in [1.165, 1.54) is 0 Å². The van der Waals surface area contributed by atoms with Gasteiger partial charge in [-0.2, -0.15) is 0 Å². The number of pyridine rings is 1. The van der Waals surface area contributed by atoms with Gasteiger partial charge in [-0.25, -0.2) is 0 Å². The van der Waals surface area contributed by atoms with Crippen molar-refractivity contribution in [2.24, 2.45) is 0 Å². The Morgan fingerprint density at radius 2 is 2.31 bits per heavy atom. The first-order chi connectivity index (χ1) is 7.81. The molecule has 0 aromatic carbocycles. The highest BCUT2D eigenvalue weighted by Crippen LogP contribution is 2.40. The standard InChI is InChI=1S/C13H13NO2/c15-13(10-3-2-7-14-9-10)6-1-4-12-11(13)5-8-16-12/h2-3,5,7-9,15H,1,4,6H2. The van der Waals surface area contributed by atoms with Crippen molar-refractivity contribution >= 4 is 0 Å². The number of furan rings is 1. The molecule has 0 radical (unpaired) electrons. The quantitative estimate of drug-likeness (QED) is 0.793. The summed E-state index contributed by atoms with van der Waals surface area (Å²) < 4.78 is 5.39. The second-order valence-corrected chi connectivity index (χ2v) is 4.21. The number of fused-ring (bicyclic) bond motifs is 1. The van der Waals surface area contributed by atoms with Crippen LogP contribution in [0.5, 0.6) is 0 Å². The van der Waals surface area contributed by atoms with Gasteiger partial charge in [0.1, 0.15) is 11.4 Å². The minimum atomic E-state index is -0.922. The SMILES string of the molecule is OC1(c2cccnc2)CCCc2occc21. The second kappa shape index (κ2) is 3.46. The molecule has 3 rings (SSSR count). The van der Waals surface area contributed by atoms with Gasteiger partial charge in [0.2, 0.25) is 0 Å². The van der Waals surface area contributed by atoms with Gasteiger partial charge in [0.15, 0.2) is 0 Å². The Bertz CT molecular complexity index is 492. The number of aryl methyl sites for hydroxylation is 1. The first-order valence-electron chi connectivity index (χ1n) is 5.50. The molecule has 3 nitrogen and oxygen atoms in total. The van der Waals surface area contributed by atoms with Crippen LogP contribution in [0.4, 0.5) is 0 Å². The molecule has 3 heteroatoms. The van der Waals surface area contributed by atoms with Crippen molar-refractivity contribution in [2.45, 2.75) is 24.9 Å². The maximum Gasteiger partial charge on any atom is 0.119 e. The number of aromatic nitrogens is 1. The fourth-order valence-corrected chi connectivity index (χ4v) is 2.45. The zero-order valence-electron chi connectivity index (χ0n) is 8.89. The summed E-state index contributed by atoms with van der Waals surface area (Å²) in [6, 6.07) is 5.62. The summed E-state index contributed by atoms with van der Waals surface area (Å²) in [6.07, 6.45) is 7.66. The zero-order chi connectivity index (χ0) is 11.0. The third kappa shape index (κ3) is 1.28. The molecule has 82 valence electrons. The van der Waals surface area contributed by atoms with Gasteiger partial charge in [0.05, 0.1) is 6.26 Å². The van der Waals surface area contributed by atoms with E-state index >= 15 is 0 Å². The fourth-order valence-electron chi connectivity index (χ4n) is 2.45. The summed E-state index contributed by atoms with van der Waals surface area (Å²) in [5.74, 6) is 0.901. The molecular weight excluding hydrogens is 202 g/mol. The van der Waals surface area contributed by atoms with E-state index in [-0.39, 0.29) is 0 Å². The van der Waals surface area contributed by atoms with Crippen LogP contribution in [-0.4, -0.2) is 10.1 Å². The first-order valence-corrected chi connectivity index (χ1v) is 5.50.